The van der Waals surface area contributed by atoms with Gasteiger partial charge in [0.1, 0.15) is 6.04 Å². The van der Waals surface area contributed by atoms with Crippen LogP contribution in [0.15, 0.2) is 10.6 Å². The minimum absolute atomic E-state index is 0.0488. The molecule has 3 rings (SSSR count). The molecule has 9 nitrogen and oxygen atoms in total. The van der Waals surface area contributed by atoms with Gasteiger partial charge in [0, 0.05) is 38.2 Å². The number of amides is 2. The van der Waals surface area contributed by atoms with Crippen molar-refractivity contribution in [3.63, 3.8) is 0 Å². The Morgan fingerprint density at radius 2 is 2.36 bits per heavy atom. The summed E-state index contributed by atoms with van der Waals surface area (Å²) in [4.78, 5) is 18.7. The summed E-state index contributed by atoms with van der Waals surface area (Å²) in [6.07, 6.45) is 1.24. The molecule has 0 aromatic carbocycles. The van der Waals surface area contributed by atoms with Crippen LogP contribution in [0, 0.1) is 13.8 Å². The summed E-state index contributed by atoms with van der Waals surface area (Å²) in [5.74, 6) is 1.00. The zero-order valence-electron chi connectivity index (χ0n) is 14.9. The van der Waals surface area contributed by atoms with Crippen molar-refractivity contribution < 1.29 is 14.1 Å². The second kappa shape index (κ2) is 7.22. The number of rotatable bonds is 5. The van der Waals surface area contributed by atoms with E-state index in [1.54, 1.807) is 18.9 Å². The summed E-state index contributed by atoms with van der Waals surface area (Å²) in [6.45, 7) is 6.15. The van der Waals surface area contributed by atoms with Crippen LogP contribution in [0.2, 0.25) is 0 Å². The van der Waals surface area contributed by atoms with Gasteiger partial charge in [-0.2, -0.15) is 10.1 Å². The molecular formula is C16H24N6O3. The van der Waals surface area contributed by atoms with Crippen LogP contribution in [0.25, 0.3) is 0 Å². The minimum atomic E-state index is -0.272. The average Bonchev–Trinajstić information content (AvgIpc) is 3.26. The topological polar surface area (TPSA) is 109 Å². The second-order valence-electron chi connectivity index (χ2n) is 6.54. The summed E-state index contributed by atoms with van der Waals surface area (Å²) in [6, 6.07) is 1.48. The van der Waals surface area contributed by atoms with Gasteiger partial charge in [-0.1, -0.05) is 5.16 Å². The highest BCUT2D eigenvalue weighted by Crippen LogP contribution is 2.32. The zero-order chi connectivity index (χ0) is 18.0. The van der Waals surface area contributed by atoms with Crippen molar-refractivity contribution in [2.75, 3.05) is 13.7 Å². The van der Waals surface area contributed by atoms with Crippen LogP contribution in [-0.2, 0) is 11.2 Å². The predicted octanol–water partition coefficient (Wildman–Crippen LogP) is 1.51. The molecule has 1 aliphatic heterocycles. The maximum atomic E-state index is 12.7. The fraction of sp³-hybridized carbons (Fsp3) is 0.625. The van der Waals surface area contributed by atoms with E-state index < -0.39 is 0 Å². The zero-order valence-corrected chi connectivity index (χ0v) is 14.9. The Balaban J connectivity index is 1.66. The summed E-state index contributed by atoms with van der Waals surface area (Å²) in [7, 11) is 1.64. The molecule has 3 heterocycles. The van der Waals surface area contributed by atoms with E-state index in [0.29, 0.717) is 31.1 Å². The molecule has 2 aromatic rings. The van der Waals surface area contributed by atoms with E-state index in [-0.39, 0.29) is 24.2 Å². The number of aromatic nitrogens is 4. The molecule has 0 radical (unpaired) electrons. The van der Waals surface area contributed by atoms with Gasteiger partial charge in [-0.15, -0.1) is 0 Å². The Morgan fingerprint density at radius 1 is 1.56 bits per heavy atom. The van der Waals surface area contributed by atoms with E-state index in [2.05, 4.69) is 25.7 Å². The van der Waals surface area contributed by atoms with E-state index >= 15 is 0 Å². The molecule has 0 bridgehead atoms. The number of hydrogen-bond acceptors (Lipinski definition) is 6. The SMILES string of the molecule is CO[C@H]1C[C@H](c2nc(C)no2)N(C(=O)NC(C)Cc2cc(C)[nH]n2)C1. The summed E-state index contributed by atoms with van der Waals surface area (Å²) in [5, 5.41) is 14.0. The van der Waals surface area contributed by atoms with Gasteiger partial charge in [-0.3, -0.25) is 5.10 Å². The maximum Gasteiger partial charge on any atom is 0.318 e. The normalized spacial score (nSPS) is 21.5. The molecule has 136 valence electrons. The number of nitrogens with one attached hydrogen (secondary N) is 2. The number of nitrogens with zero attached hydrogens (tertiary/aromatic N) is 4. The smallest absolute Gasteiger partial charge is 0.318 e. The Hall–Kier alpha value is -2.42. The molecular weight excluding hydrogens is 324 g/mol. The number of ether oxygens (including phenoxy) is 1. The quantitative estimate of drug-likeness (QED) is 0.848. The maximum absolute atomic E-state index is 12.7. The number of carbonyl (C=O) groups excluding carboxylic acids is 1. The molecule has 9 heteroatoms. The number of aryl methyl sites for hydroxylation is 2. The van der Waals surface area contributed by atoms with Crippen LogP contribution >= 0.6 is 0 Å². The molecule has 2 amide bonds. The van der Waals surface area contributed by atoms with Crippen molar-refractivity contribution in [3.05, 3.63) is 29.2 Å². The molecule has 0 aliphatic carbocycles. The number of H-pyrrole nitrogens is 1. The fourth-order valence-electron chi connectivity index (χ4n) is 3.11. The molecule has 1 fully saturated rings. The number of carbonyl (C=O) groups is 1. The average molecular weight is 348 g/mol. The van der Waals surface area contributed by atoms with Gasteiger partial charge in [-0.05, 0) is 26.8 Å². The van der Waals surface area contributed by atoms with Crippen molar-refractivity contribution in [2.24, 2.45) is 0 Å². The fourth-order valence-corrected chi connectivity index (χ4v) is 3.11. The lowest BCUT2D eigenvalue weighted by molar-refractivity contribution is 0.110. The number of aromatic amines is 1. The first-order valence-electron chi connectivity index (χ1n) is 8.37. The molecule has 3 atom stereocenters. The van der Waals surface area contributed by atoms with E-state index in [1.165, 1.54) is 0 Å². The third-order valence-corrected chi connectivity index (χ3v) is 4.33. The Labute approximate surface area is 146 Å². The van der Waals surface area contributed by atoms with E-state index in [9.17, 15) is 4.79 Å². The van der Waals surface area contributed by atoms with Crippen molar-refractivity contribution in [3.8, 4) is 0 Å². The number of likely N-dealkylation sites (tertiary alicyclic amines) is 1. The van der Waals surface area contributed by atoms with Crippen LogP contribution in [0.5, 0.6) is 0 Å². The molecule has 0 saturated carbocycles. The highest BCUT2D eigenvalue weighted by molar-refractivity contribution is 5.75. The van der Waals surface area contributed by atoms with E-state index in [4.69, 9.17) is 9.26 Å². The summed E-state index contributed by atoms with van der Waals surface area (Å²) < 4.78 is 10.7. The Kier molecular flexibility index (Phi) is 5.03. The molecule has 1 aliphatic rings. The van der Waals surface area contributed by atoms with Gasteiger partial charge in [-0.25, -0.2) is 4.79 Å². The Morgan fingerprint density at radius 3 is 2.96 bits per heavy atom. The third-order valence-electron chi connectivity index (χ3n) is 4.33. The minimum Gasteiger partial charge on any atom is -0.380 e. The molecule has 2 N–H and O–H groups in total. The van der Waals surface area contributed by atoms with Gasteiger partial charge in [0.25, 0.3) is 0 Å². The van der Waals surface area contributed by atoms with Crippen molar-refractivity contribution in [1.82, 2.24) is 30.6 Å². The third kappa shape index (κ3) is 3.98. The summed E-state index contributed by atoms with van der Waals surface area (Å²) in [5.41, 5.74) is 1.92. The number of urea groups is 1. The van der Waals surface area contributed by atoms with Crippen LogP contribution in [0.1, 0.15) is 42.5 Å². The highest BCUT2D eigenvalue weighted by atomic mass is 16.5. The van der Waals surface area contributed by atoms with Gasteiger partial charge in [0.2, 0.25) is 5.89 Å². The molecule has 2 aromatic heterocycles. The molecule has 0 spiro atoms. The van der Waals surface area contributed by atoms with Crippen molar-refractivity contribution in [2.45, 2.75) is 51.8 Å². The predicted molar refractivity (Wildman–Crippen MR) is 88.9 cm³/mol. The van der Waals surface area contributed by atoms with Crippen molar-refractivity contribution in [1.29, 1.82) is 0 Å². The first-order chi connectivity index (χ1) is 12.0. The molecule has 1 saturated heterocycles. The number of methoxy groups -OCH3 is 1. The Bertz CT molecular complexity index is 727. The van der Waals surface area contributed by atoms with E-state index in [0.717, 1.165) is 11.4 Å². The lowest BCUT2D eigenvalue weighted by Gasteiger charge is -2.24. The lowest BCUT2D eigenvalue weighted by atomic mass is 10.2. The second-order valence-corrected chi connectivity index (χ2v) is 6.54. The monoisotopic (exact) mass is 348 g/mol. The number of hydrogen-bond donors (Lipinski definition) is 2. The first kappa shape index (κ1) is 17.4. The van der Waals surface area contributed by atoms with Crippen LogP contribution in [0.4, 0.5) is 4.79 Å². The lowest BCUT2D eigenvalue weighted by Crippen LogP contribution is -2.44. The van der Waals surface area contributed by atoms with Gasteiger partial charge < -0.3 is 19.5 Å². The largest absolute Gasteiger partial charge is 0.380 e. The highest BCUT2D eigenvalue weighted by Gasteiger charge is 2.39. The summed E-state index contributed by atoms with van der Waals surface area (Å²) >= 11 is 0. The first-order valence-corrected chi connectivity index (χ1v) is 8.37. The van der Waals surface area contributed by atoms with Crippen LogP contribution in [-0.4, -0.2) is 57.1 Å². The molecule has 1 unspecified atom stereocenters. The van der Waals surface area contributed by atoms with Crippen LogP contribution < -0.4 is 5.32 Å². The van der Waals surface area contributed by atoms with Gasteiger partial charge >= 0.3 is 6.03 Å². The van der Waals surface area contributed by atoms with Gasteiger partial charge in [0.05, 0.1) is 11.8 Å². The van der Waals surface area contributed by atoms with E-state index in [1.807, 2.05) is 19.9 Å². The van der Waals surface area contributed by atoms with Gasteiger partial charge in [0.15, 0.2) is 5.82 Å². The molecule has 25 heavy (non-hydrogen) atoms. The van der Waals surface area contributed by atoms with Crippen LogP contribution in [0.3, 0.4) is 0 Å². The standard InChI is InChI=1S/C16H24N6O3/c1-9(5-12-6-10(2)19-20-12)17-16(23)22-8-13(24-4)7-14(22)15-18-11(3)21-25-15/h6,9,13-14H,5,7-8H2,1-4H3,(H,17,23)(H,19,20)/t9?,13-,14+/m0/s1. The van der Waals surface area contributed by atoms with Crippen molar-refractivity contribution >= 4 is 6.03 Å².